The zero-order chi connectivity index (χ0) is 56.3. The minimum absolute atomic E-state index is 0.0666. The van der Waals surface area contributed by atoms with Gasteiger partial charge in [-0.2, -0.15) is 27.2 Å². The predicted molar refractivity (Wildman–Crippen MR) is 294 cm³/mol. The van der Waals surface area contributed by atoms with E-state index in [2.05, 4.69) is 42.8 Å². The largest absolute Gasteiger partial charge is 0.399 e. The number of aliphatic hydroxyl groups is 1. The van der Waals surface area contributed by atoms with E-state index in [0.29, 0.717) is 34.1 Å². The van der Waals surface area contributed by atoms with Gasteiger partial charge in [-0.15, -0.1) is 0 Å². The number of nitrogens with one attached hydrogen (secondary N) is 3. The molecule has 0 aliphatic heterocycles. The molecule has 28 heteroatoms. The Kier molecular flexibility index (Phi) is 24.1. The van der Waals surface area contributed by atoms with Crippen molar-refractivity contribution in [3.8, 4) is 0 Å². The minimum Gasteiger partial charge on any atom is -0.399 e. The van der Waals surface area contributed by atoms with Crippen LogP contribution >= 0.6 is 49.1 Å². The molecular weight excluding hydrogens is 1100 g/mol. The van der Waals surface area contributed by atoms with Crippen LogP contribution in [0.1, 0.15) is 25.3 Å². The maximum atomic E-state index is 13.5. The molecule has 7 aromatic rings. The molecule has 0 aliphatic carbocycles. The highest BCUT2D eigenvalue weighted by molar-refractivity contribution is 7.85. The Morgan fingerprint density at radius 1 is 0.693 bits per heavy atom. The minimum atomic E-state index is -4.02. The number of aryl methyl sites for hydroxylation is 1. The van der Waals surface area contributed by atoms with Crippen molar-refractivity contribution >= 4 is 122 Å². The van der Waals surface area contributed by atoms with Crippen molar-refractivity contribution in [2.24, 2.45) is 0 Å². The highest BCUT2D eigenvalue weighted by atomic mass is 35.5. The average molecular weight is 1150 g/mol. The van der Waals surface area contributed by atoms with Gasteiger partial charge in [-0.3, -0.25) is 24.8 Å². The van der Waals surface area contributed by atoms with Gasteiger partial charge < -0.3 is 35.9 Å². The summed E-state index contributed by atoms with van der Waals surface area (Å²) < 4.78 is 80.4. The molecule has 2 heterocycles. The number of nitro benzene ring substituents is 2. The summed E-state index contributed by atoms with van der Waals surface area (Å²) in [5.41, 5.74) is 6.59. The summed E-state index contributed by atoms with van der Waals surface area (Å²) in [6.07, 6.45) is 4.80. The summed E-state index contributed by atoms with van der Waals surface area (Å²) in [7, 11) is -8.98. The van der Waals surface area contributed by atoms with Crippen molar-refractivity contribution in [1.29, 1.82) is 0 Å². The van der Waals surface area contributed by atoms with E-state index >= 15 is 0 Å². The quantitative estimate of drug-likeness (QED) is 0.0156. The number of unbranched alkanes of at least 4 members (excludes halogenated alkanes) is 1. The van der Waals surface area contributed by atoms with E-state index < -0.39 is 57.3 Å². The molecule has 7 N–H and O–H groups in total. The average Bonchev–Trinajstić information content (AvgIpc) is 3.33. The second-order valence-corrected chi connectivity index (χ2v) is 25.0. The molecule has 400 valence electrons. The molecule has 2 aromatic heterocycles. The van der Waals surface area contributed by atoms with Crippen molar-refractivity contribution in [2.45, 2.75) is 31.6 Å². The second-order valence-electron chi connectivity index (χ2n) is 16.1. The molecule has 0 fully saturated rings. The van der Waals surface area contributed by atoms with Crippen LogP contribution in [0.2, 0.25) is 15.3 Å². The third kappa shape index (κ3) is 20.9. The van der Waals surface area contributed by atoms with Crippen LogP contribution in [0.5, 0.6) is 0 Å². The smallest absolute Gasteiger partial charge is 0.306 e. The van der Waals surface area contributed by atoms with E-state index in [0.717, 1.165) is 48.0 Å². The fourth-order valence-electron chi connectivity index (χ4n) is 5.70. The highest BCUT2D eigenvalue weighted by Crippen LogP contribution is 2.40. The summed E-state index contributed by atoms with van der Waals surface area (Å²) in [6.45, 7) is 11.0. The predicted octanol–water partition coefficient (Wildman–Crippen LogP) is 12.0. The lowest BCUT2D eigenvalue weighted by atomic mass is 10.2. The summed E-state index contributed by atoms with van der Waals surface area (Å²) in [5, 5.41) is 40.0. The summed E-state index contributed by atoms with van der Waals surface area (Å²) >= 11 is 17.9. The molecule has 75 heavy (non-hydrogen) atoms. The molecule has 7 rings (SSSR count). The molecule has 0 amide bonds. The van der Waals surface area contributed by atoms with Crippen molar-refractivity contribution < 1.29 is 45.8 Å². The summed E-state index contributed by atoms with van der Waals surface area (Å²) in [6, 6.07) is 27.0. The van der Waals surface area contributed by atoms with Gasteiger partial charge >= 0.3 is 11.4 Å². The van der Waals surface area contributed by atoms with Crippen LogP contribution in [0.4, 0.5) is 60.5 Å². The number of rotatable bonds is 13. The van der Waals surface area contributed by atoms with E-state index in [-0.39, 0.29) is 38.3 Å². The number of aliphatic hydroxyl groups excluding tert-OH is 1. The van der Waals surface area contributed by atoms with Crippen LogP contribution in [-0.4, -0.2) is 81.1 Å². The molecule has 0 saturated carbocycles. The highest BCUT2D eigenvalue weighted by Gasteiger charge is 2.20. The normalized spacial score (nSPS) is 10.8. The lowest BCUT2D eigenvalue weighted by Gasteiger charge is -2.15. The third-order valence-corrected chi connectivity index (χ3v) is 14.0. The van der Waals surface area contributed by atoms with Crippen molar-refractivity contribution in [3.05, 3.63) is 174 Å². The number of nitrogens with two attached hydrogens (primary N) is 1. The third-order valence-electron chi connectivity index (χ3n) is 9.33. The van der Waals surface area contributed by atoms with Crippen molar-refractivity contribution in [1.82, 2.24) is 19.9 Å². The second kappa shape index (κ2) is 28.8. The number of halogens is 5. The lowest BCUT2D eigenvalue weighted by molar-refractivity contribution is -0.387. The number of aromatic nitrogens is 4. The van der Waals surface area contributed by atoms with E-state index in [4.69, 9.17) is 50.2 Å². The Bertz CT molecular complexity index is 3310. The van der Waals surface area contributed by atoms with Gasteiger partial charge in [0.2, 0.25) is 22.9 Å². The number of hydrogen-bond donors (Lipinski definition) is 6. The van der Waals surface area contributed by atoms with Crippen LogP contribution < -0.4 is 32.3 Å². The lowest BCUT2D eigenvalue weighted by Crippen LogP contribution is -2.11. The van der Waals surface area contributed by atoms with Gasteiger partial charge in [-0.25, -0.2) is 9.97 Å². The first-order valence-corrected chi connectivity index (χ1v) is 29.4. The van der Waals surface area contributed by atoms with Crippen LogP contribution in [-0.2, 0) is 19.2 Å². The zero-order valence-corrected chi connectivity index (χ0v) is 45.7. The maximum Gasteiger partial charge on any atom is 0.306 e. The number of hydrogen-bond acceptors (Lipinski definition) is 17. The van der Waals surface area contributed by atoms with Gasteiger partial charge in [0.25, 0.3) is 10.1 Å². The first-order chi connectivity index (χ1) is 35.0. The van der Waals surface area contributed by atoms with Gasteiger partial charge in [0.05, 0.1) is 38.5 Å². The van der Waals surface area contributed by atoms with Crippen LogP contribution in [0, 0.1) is 38.8 Å². The van der Waals surface area contributed by atoms with Gasteiger partial charge in [-0.1, -0.05) is 78.5 Å². The number of nitrogen functional groups attached to an aromatic ring is 1. The number of benzene rings is 5. The molecule has 0 unspecified atom stereocenters. The number of anilines is 7. The Balaban J connectivity index is 0.000000276. The van der Waals surface area contributed by atoms with Crippen molar-refractivity contribution in [3.63, 3.8) is 0 Å². The van der Waals surface area contributed by atoms with E-state index in [9.17, 15) is 46.6 Å². The fraction of sp³-hybridized carbons (Fsp3) is 0.191. The standard InChI is InChI=1S/C18H16ClFN5O3P.C12H12Cl2N3OP.C7H8O3S.C6H5FN2O2.C4H10O/c1-29(2,28)16-6-4-3-5-14(16)23-17-12(19)10-21-18(24-17)22-11-7-8-13(20)15(9-11)25(26)27;1-19(2,18)10-6-4-3-5-9(10)16-11-8(13)7-15-12(14)17-11;1-6-2-4-7(5-3-6)11(8,9)10;7-5-2-1-4(8)3-6(5)9(10)11;1-2-3-4-5/h3-10H,1-2H3,(H2,21,22,23,24);3-7H,1-2H3,(H,15,16,17);2-5H,1H3,(H,8,9,10);1-3H,8H2;5H,2-4H2,1H3. The Morgan fingerprint density at radius 3 is 1.60 bits per heavy atom. The molecule has 0 saturated heterocycles. The molecule has 0 aliphatic rings. The topological polar surface area (TPSA) is 309 Å². The molecule has 0 radical (unpaired) electrons. The van der Waals surface area contributed by atoms with Crippen LogP contribution in [0.25, 0.3) is 0 Å². The monoisotopic (exact) mass is 1150 g/mol. The molecule has 0 spiro atoms. The first kappa shape index (κ1) is 62.6. The molecule has 5 aromatic carbocycles. The Morgan fingerprint density at radius 2 is 1.16 bits per heavy atom. The van der Waals surface area contributed by atoms with Crippen molar-refractivity contribution in [2.75, 3.05) is 55.0 Å². The number of nitro groups is 2. The van der Waals surface area contributed by atoms with Gasteiger partial charge in [-0.05, 0) is 112 Å². The van der Waals surface area contributed by atoms with Gasteiger partial charge in [0.1, 0.15) is 24.3 Å². The molecule has 0 atom stereocenters. The fourth-order valence-corrected chi connectivity index (χ4v) is 8.90. The van der Waals surface area contributed by atoms with E-state index in [1.165, 1.54) is 36.7 Å². The molecule has 20 nitrogen and oxygen atoms in total. The molecule has 0 bridgehead atoms. The van der Waals surface area contributed by atoms with Gasteiger partial charge in [0, 0.05) is 40.7 Å². The van der Waals surface area contributed by atoms with E-state index in [1.807, 2.05) is 31.2 Å². The first-order valence-electron chi connectivity index (χ1n) is 21.6. The van der Waals surface area contributed by atoms with Crippen LogP contribution in [0.15, 0.2) is 126 Å². The Hall–Kier alpha value is -6.68. The van der Waals surface area contributed by atoms with Crippen LogP contribution in [0.3, 0.4) is 0 Å². The molecular formula is C47H51Cl3F2N10O10P2S. The number of nitrogens with zero attached hydrogens (tertiary/aromatic N) is 6. The Labute approximate surface area is 445 Å². The van der Waals surface area contributed by atoms with E-state index in [1.54, 1.807) is 63.1 Å². The summed E-state index contributed by atoms with van der Waals surface area (Å²) in [4.78, 5) is 35.4. The maximum absolute atomic E-state index is 13.5. The number of para-hydroxylation sites is 2. The van der Waals surface area contributed by atoms with Gasteiger partial charge in [0.15, 0.2) is 11.6 Å². The summed E-state index contributed by atoms with van der Waals surface area (Å²) in [5.74, 6) is -1.08. The SMILES string of the molecule is CCCCO.CP(C)(=O)c1ccccc1Nc1nc(Cl)ncc1Cl.CP(C)(=O)c1ccccc1Nc1nc(Nc2ccc(F)c([N+](=O)[O-])c2)ncc1Cl.Cc1ccc(S(=O)(=O)O)cc1.Nc1ccc(F)c([N+](=O)[O-])c1. The zero-order valence-electron chi connectivity index (χ0n) is 40.8.